The third-order valence-electron chi connectivity index (χ3n) is 2.91. The van der Waals surface area contributed by atoms with Gasteiger partial charge in [-0.25, -0.2) is 13.6 Å². The number of likely N-dealkylation sites (N-methyl/N-ethyl adjacent to an activating group) is 1. The molecule has 1 saturated heterocycles. The normalized spacial score (nSPS) is 25.1. The van der Waals surface area contributed by atoms with Gasteiger partial charge in [0.2, 0.25) is 0 Å². The van der Waals surface area contributed by atoms with Crippen LogP contribution in [0.5, 0.6) is 0 Å². The third kappa shape index (κ3) is 3.06. The van der Waals surface area contributed by atoms with Gasteiger partial charge < -0.3 is 10.1 Å². The molecule has 1 N–H and O–H groups in total. The van der Waals surface area contributed by atoms with Crippen molar-refractivity contribution in [2.45, 2.75) is 44.8 Å². The Hall–Kier alpha value is -0.910. The first-order valence-corrected chi connectivity index (χ1v) is 5.65. The molecule has 1 aliphatic rings. The van der Waals surface area contributed by atoms with E-state index in [1.54, 1.807) is 20.8 Å². The first-order valence-electron chi connectivity index (χ1n) is 5.65. The monoisotopic (exact) mass is 250 g/mol. The first-order chi connectivity index (χ1) is 7.69. The van der Waals surface area contributed by atoms with E-state index < -0.39 is 23.7 Å². The summed E-state index contributed by atoms with van der Waals surface area (Å²) in [4.78, 5) is 12.8. The molecule has 0 radical (unpaired) electrons. The molecule has 0 spiro atoms. The van der Waals surface area contributed by atoms with Gasteiger partial charge in [0.1, 0.15) is 11.1 Å². The molecule has 6 heteroatoms. The summed E-state index contributed by atoms with van der Waals surface area (Å²) < 4.78 is 31.4. The molecule has 1 unspecified atom stereocenters. The minimum atomic E-state index is -2.59. The van der Waals surface area contributed by atoms with Crippen LogP contribution in [0.2, 0.25) is 0 Å². The second kappa shape index (κ2) is 4.76. The Bertz CT molecular complexity index is 284. The first kappa shape index (κ1) is 14.2. The maximum Gasteiger partial charge on any atom is 0.410 e. The Morgan fingerprint density at radius 3 is 2.41 bits per heavy atom. The summed E-state index contributed by atoms with van der Waals surface area (Å²) in [5.41, 5.74) is -2.12. The number of rotatable bonds is 2. The second-order valence-corrected chi connectivity index (χ2v) is 5.37. The van der Waals surface area contributed by atoms with E-state index >= 15 is 0 Å². The summed E-state index contributed by atoms with van der Waals surface area (Å²) in [6, 6.07) is 0. The number of nitrogens with zero attached hydrogens (tertiary/aromatic N) is 1. The molecule has 0 aromatic heterocycles. The van der Waals surface area contributed by atoms with Gasteiger partial charge in [-0.05, 0) is 33.7 Å². The number of hydrogen-bond acceptors (Lipinski definition) is 3. The maximum atomic E-state index is 13.1. The van der Waals surface area contributed by atoms with Gasteiger partial charge in [-0.2, -0.15) is 0 Å². The summed E-state index contributed by atoms with van der Waals surface area (Å²) >= 11 is 0. The quantitative estimate of drug-likeness (QED) is 0.813. The number of carbonyl (C=O) groups is 1. The van der Waals surface area contributed by atoms with Gasteiger partial charge in [0.15, 0.2) is 0 Å². The molecule has 0 aromatic rings. The van der Waals surface area contributed by atoms with Crippen molar-refractivity contribution in [3.63, 3.8) is 0 Å². The van der Waals surface area contributed by atoms with Crippen molar-refractivity contribution in [2.24, 2.45) is 0 Å². The minimum Gasteiger partial charge on any atom is -0.444 e. The van der Waals surface area contributed by atoms with E-state index in [0.717, 1.165) is 4.90 Å². The summed E-state index contributed by atoms with van der Waals surface area (Å²) in [5, 5.41) is 2.86. The van der Waals surface area contributed by atoms with Crippen molar-refractivity contribution in [3.05, 3.63) is 0 Å². The highest BCUT2D eigenvalue weighted by molar-refractivity contribution is 5.69. The SMILES string of the molecule is CN(C(=O)OC(C)(C)C)C1(C(F)F)CCNC1. The molecule has 1 fully saturated rings. The summed E-state index contributed by atoms with van der Waals surface area (Å²) in [6.45, 7) is 5.71. The molecule has 0 saturated carbocycles. The van der Waals surface area contributed by atoms with Gasteiger partial charge in [-0.1, -0.05) is 0 Å². The van der Waals surface area contributed by atoms with Gasteiger partial charge in [-0.15, -0.1) is 0 Å². The molecular formula is C11H20F2N2O2. The smallest absolute Gasteiger partial charge is 0.410 e. The van der Waals surface area contributed by atoms with Crippen LogP contribution in [-0.4, -0.2) is 48.7 Å². The lowest BCUT2D eigenvalue weighted by atomic mass is 9.98. The molecule has 1 amide bonds. The molecule has 17 heavy (non-hydrogen) atoms. The number of carbonyl (C=O) groups excluding carboxylic acids is 1. The highest BCUT2D eigenvalue weighted by Crippen LogP contribution is 2.30. The van der Waals surface area contributed by atoms with Gasteiger partial charge in [0.25, 0.3) is 6.43 Å². The predicted octanol–water partition coefficient (Wildman–Crippen LogP) is 1.85. The maximum absolute atomic E-state index is 13.1. The molecule has 0 aromatic carbocycles. The van der Waals surface area contributed by atoms with E-state index in [-0.39, 0.29) is 13.0 Å². The van der Waals surface area contributed by atoms with E-state index in [4.69, 9.17) is 4.74 Å². The van der Waals surface area contributed by atoms with Gasteiger partial charge in [0.05, 0.1) is 0 Å². The standard InChI is InChI=1S/C11H20F2N2O2/c1-10(2,3)17-9(16)15(4)11(8(12)13)5-6-14-7-11/h8,14H,5-7H2,1-4H3. The van der Waals surface area contributed by atoms with Crippen molar-refractivity contribution >= 4 is 6.09 Å². The number of hydrogen-bond donors (Lipinski definition) is 1. The van der Waals surface area contributed by atoms with Crippen LogP contribution in [0.25, 0.3) is 0 Å². The van der Waals surface area contributed by atoms with Crippen molar-refractivity contribution in [2.75, 3.05) is 20.1 Å². The fraction of sp³-hybridized carbons (Fsp3) is 0.909. The van der Waals surface area contributed by atoms with E-state index in [1.165, 1.54) is 7.05 Å². The Labute approximate surface area is 100 Å². The van der Waals surface area contributed by atoms with Gasteiger partial charge >= 0.3 is 6.09 Å². The van der Waals surface area contributed by atoms with Crippen LogP contribution in [0, 0.1) is 0 Å². The average Bonchev–Trinajstić information content (AvgIpc) is 2.63. The van der Waals surface area contributed by atoms with E-state index in [1.807, 2.05) is 0 Å². The van der Waals surface area contributed by atoms with Crippen molar-refractivity contribution in [1.29, 1.82) is 0 Å². The molecule has 1 heterocycles. The van der Waals surface area contributed by atoms with Gasteiger partial charge in [-0.3, -0.25) is 4.90 Å². The van der Waals surface area contributed by atoms with Crippen LogP contribution in [0.1, 0.15) is 27.2 Å². The second-order valence-electron chi connectivity index (χ2n) is 5.37. The lowest BCUT2D eigenvalue weighted by molar-refractivity contribution is -0.0465. The summed E-state index contributed by atoms with van der Waals surface area (Å²) in [5.74, 6) is 0. The summed E-state index contributed by atoms with van der Waals surface area (Å²) in [7, 11) is 1.37. The zero-order valence-corrected chi connectivity index (χ0v) is 10.7. The predicted molar refractivity (Wildman–Crippen MR) is 60.2 cm³/mol. The molecule has 0 bridgehead atoms. The van der Waals surface area contributed by atoms with Crippen molar-refractivity contribution in [1.82, 2.24) is 10.2 Å². The lowest BCUT2D eigenvalue weighted by Gasteiger charge is -2.38. The number of halogens is 2. The Kier molecular flexibility index (Phi) is 3.96. The zero-order chi connectivity index (χ0) is 13.3. The number of nitrogens with one attached hydrogen (secondary N) is 1. The van der Waals surface area contributed by atoms with Crippen LogP contribution in [0.3, 0.4) is 0 Å². The van der Waals surface area contributed by atoms with Crippen LogP contribution < -0.4 is 5.32 Å². The van der Waals surface area contributed by atoms with Crippen LogP contribution >= 0.6 is 0 Å². The number of ether oxygens (including phenoxy) is 1. The van der Waals surface area contributed by atoms with Crippen molar-refractivity contribution in [3.8, 4) is 0 Å². The lowest BCUT2D eigenvalue weighted by Crippen LogP contribution is -2.57. The highest BCUT2D eigenvalue weighted by Gasteiger charge is 2.49. The Balaban J connectivity index is 2.79. The minimum absolute atomic E-state index is 0.0976. The van der Waals surface area contributed by atoms with Crippen LogP contribution in [0.15, 0.2) is 0 Å². The average molecular weight is 250 g/mol. The molecule has 1 atom stereocenters. The van der Waals surface area contributed by atoms with Crippen LogP contribution in [-0.2, 0) is 4.74 Å². The fourth-order valence-corrected chi connectivity index (χ4v) is 1.83. The molecular weight excluding hydrogens is 230 g/mol. The molecule has 4 nitrogen and oxygen atoms in total. The highest BCUT2D eigenvalue weighted by atomic mass is 19.3. The largest absolute Gasteiger partial charge is 0.444 e. The molecule has 0 aliphatic carbocycles. The van der Waals surface area contributed by atoms with E-state index in [9.17, 15) is 13.6 Å². The molecule has 1 rings (SSSR count). The molecule has 100 valence electrons. The Morgan fingerprint density at radius 2 is 2.06 bits per heavy atom. The summed E-state index contributed by atoms with van der Waals surface area (Å²) in [6.07, 6.45) is -3.06. The number of alkyl halides is 2. The molecule has 1 aliphatic heterocycles. The van der Waals surface area contributed by atoms with E-state index in [0.29, 0.717) is 6.54 Å². The topological polar surface area (TPSA) is 41.6 Å². The van der Waals surface area contributed by atoms with Crippen molar-refractivity contribution < 1.29 is 18.3 Å². The van der Waals surface area contributed by atoms with Crippen LogP contribution in [0.4, 0.5) is 13.6 Å². The fourth-order valence-electron chi connectivity index (χ4n) is 1.83. The number of amides is 1. The zero-order valence-electron chi connectivity index (χ0n) is 10.7. The Morgan fingerprint density at radius 1 is 1.47 bits per heavy atom. The third-order valence-corrected chi connectivity index (χ3v) is 2.91. The van der Waals surface area contributed by atoms with E-state index in [2.05, 4.69) is 5.32 Å². The van der Waals surface area contributed by atoms with Gasteiger partial charge in [0, 0.05) is 13.6 Å².